The number of aliphatic imine (C=N–C) groups is 1. The van der Waals surface area contributed by atoms with Crippen molar-refractivity contribution in [2.75, 3.05) is 52.5 Å². The van der Waals surface area contributed by atoms with Crippen molar-refractivity contribution < 1.29 is 9.13 Å². The van der Waals surface area contributed by atoms with Gasteiger partial charge in [0.1, 0.15) is 5.82 Å². The van der Waals surface area contributed by atoms with Gasteiger partial charge in [-0.05, 0) is 56.5 Å². The van der Waals surface area contributed by atoms with Crippen LogP contribution in [0.25, 0.3) is 10.9 Å². The molecule has 162 valence electrons. The molecular weight excluding hydrogens is 484 g/mol. The highest BCUT2D eigenvalue weighted by Crippen LogP contribution is 2.19. The smallest absolute Gasteiger partial charge is 0.191 e. The Kier molecular flexibility index (Phi) is 10.7. The number of nitrogens with zero attached hydrogens (tertiary/aromatic N) is 2. The van der Waals surface area contributed by atoms with Crippen LogP contribution in [0.2, 0.25) is 0 Å². The van der Waals surface area contributed by atoms with Crippen LogP contribution in [0.4, 0.5) is 4.39 Å². The highest BCUT2D eigenvalue weighted by molar-refractivity contribution is 14.0. The minimum atomic E-state index is -0.201. The predicted molar refractivity (Wildman–Crippen MR) is 128 cm³/mol. The van der Waals surface area contributed by atoms with Crippen LogP contribution >= 0.6 is 24.0 Å². The summed E-state index contributed by atoms with van der Waals surface area (Å²) in [5.41, 5.74) is 2.08. The zero-order valence-electron chi connectivity index (χ0n) is 17.2. The highest BCUT2D eigenvalue weighted by atomic mass is 127. The topological polar surface area (TPSA) is 64.7 Å². The number of morpholine rings is 1. The lowest BCUT2D eigenvalue weighted by Crippen LogP contribution is -2.38. The average molecular weight is 517 g/mol. The molecule has 0 amide bonds. The van der Waals surface area contributed by atoms with Crippen LogP contribution in [0.3, 0.4) is 0 Å². The molecule has 2 aromatic rings. The Morgan fingerprint density at radius 3 is 2.86 bits per heavy atom. The van der Waals surface area contributed by atoms with Crippen LogP contribution in [-0.4, -0.2) is 68.3 Å². The molecule has 0 bridgehead atoms. The molecule has 1 fully saturated rings. The Balaban J connectivity index is 0.00000300. The van der Waals surface area contributed by atoms with Gasteiger partial charge in [0.05, 0.1) is 13.2 Å². The molecule has 1 aromatic heterocycles. The van der Waals surface area contributed by atoms with Gasteiger partial charge in [-0.25, -0.2) is 4.39 Å². The first kappa shape index (κ1) is 23.9. The second-order valence-corrected chi connectivity index (χ2v) is 7.10. The Hall–Kier alpha value is -1.39. The van der Waals surface area contributed by atoms with Crippen LogP contribution in [0, 0.1) is 5.82 Å². The number of hydrogen-bond acceptors (Lipinski definition) is 3. The molecule has 0 atom stereocenters. The summed E-state index contributed by atoms with van der Waals surface area (Å²) in [6.45, 7) is 9.40. The third-order valence-corrected chi connectivity index (χ3v) is 5.02. The number of unbranched alkanes of at least 4 members (excludes halogenated alkanes) is 1. The molecule has 3 rings (SSSR count). The fraction of sp³-hybridized carbons (Fsp3) is 0.571. The van der Waals surface area contributed by atoms with Crippen molar-refractivity contribution >= 4 is 40.8 Å². The van der Waals surface area contributed by atoms with Crippen molar-refractivity contribution in [1.82, 2.24) is 20.5 Å². The lowest BCUT2D eigenvalue weighted by molar-refractivity contribution is 0.0373. The van der Waals surface area contributed by atoms with E-state index in [4.69, 9.17) is 4.74 Å². The molecule has 0 aliphatic carbocycles. The first-order valence-electron chi connectivity index (χ1n) is 10.3. The fourth-order valence-electron chi connectivity index (χ4n) is 3.48. The molecule has 1 saturated heterocycles. The second kappa shape index (κ2) is 13.0. The Labute approximate surface area is 189 Å². The van der Waals surface area contributed by atoms with E-state index in [0.717, 1.165) is 94.2 Å². The third kappa shape index (κ3) is 7.75. The maximum atomic E-state index is 13.5. The van der Waals surface area contributed by atoms with Crippen LogP contribution in [0.1, 0.15) is 25.3 Å². The number of benzene rings is 1. The molecule has 2 heterocycles. The van der Waals surface area contributed by atoms with Gasteiger partial charge in [0, 0.05) is 49.8 Å². The normalized spacial score (nSPS) is 15.3. The van der Waals surface area contributed by atoms with Crippen molar-refractivity contribution in [1.29, 1.82) is 0 Å². The summed E-state index contributed by atoms with van der Waals surface area (Å²) in [5.74, 6) is 0.646. The number of ether oxygens (including phenoxy) is 1. The third-order valence-electron chi connectivity index (χ3n) is 5.02. The molecule has 6 nitrogen and oxygen atoms in total. The summed E-state index contributed by atoms with van der Waals surface area (Å²) in [6.07, 6.45) is 5.01. The van der Waals surface area contributed by atoms with Crippen molar-refractivity contribution in [2.24, 2.45) is 4.99 Å². The van der Waals surface area contributed by atoms with Crippen molar-refractivity contribution in [3.63, 3.8) is 0 Å². The van der Waals surface area contributed by atoms with Crippen LogP contribution in [-0.2, 0) is 11.2 Å². The van der Waals surface area contributed by atoms with E-state index < -0.39 is 0 Å². The fourth-order valence-corrected chi connectivity index (χ4v) is 3.48. The van der Waals surface area contributed by atoms with E-state index in [-0.39, 0.29) is 29.8 Å². The average Bonchev–Trinajstić information content (AvgIpc) is 3.10. The summed E-state index contributed by atoms with van der Waals surface area (Å²) < 4.78 is 18.9. The lowest BCUT2D eigenvalue weighted by Gasteiger charge is -2.26. The van der Waals surface area contributed by atoms with Gasteiger partial charge in [0.15, 0.2) is 5.96 Å². The van der Waals surface area contributed by atoms with E-state index in [1.807, 2.05) is 6.20 Å². The lowest BCUT2D eigenvalue weighted by atomic mass is 10.1. The minimum Gasteiger partial charge on any atom is -0.379 e. The van der Waals surface area contributed by atoms with Crippen LogP contribution in [0.5, 0.6) is 0 Å². The van der Waals surface area contributed by atoms with Gasteiger partial charge in [-0.2, -0.15) is 0 Å². The van der Waals surface area contributed by atoms with Crippen molar-refractivity contribution in [3.05, 3.63) is 35.8 Å². The van der Waals surface area contributed by atoms with E-state index in [1.165, 1.54) is 6.07 Å². The molecule has 0 saturated carbocycles. The van der Waals surface area contributed by atoms with Crippen LogP contribution < -0.4 is 10.6 Å². The largest absolute Gasteiger partial charge is 0.379 e. The summed E-state index contributed by atoms with van der Waals surface area (Å²) in [4.78, 5) is 10.3. The van der Waals surface area contributed by atoms with Crippen molar-refractivity contribution in [2.45, 2.75) is 26.2 Å². The molecule has 1 aliphatic heterocycles. The van der Waals surface area contributed by atoms with Gasteiger partial charge in [-0.15, -0.1) is 24.0 Å². The molecule has 3 N–H and O–H groups in total. The van der Waals surface area contributed by atoms with Crippen LogP contribution in [0.15, 0.2) is 29.4 Å². The molecule has 1 aromatic carbocycles. The highest BCUT2D eigenvalue weighted by Gasteiger charge is 2.09. The van der Waals surface area contributed by atoms with Gasteiger partial charge in [0.25, 0.3) is 0 Å². The van der Waals surface area contributed by atoms with E-state index in [0.29, 0.717) is 0 Å². The number of H-pyrrole nitrogens is 1. The standard InChI is InChI=1S/C21H32FN5O.HI/c1-2-23-21(24-8-3-4-10-27-11-13-28-14-12-27)25-9-7-17-16-26-20-6-5-18(22)15-19(17)20;/h5-6,15-16,26H,2-4,7-14H2,1H3,(H2,23,24,25);1H. The first-order chi connectivity index (χ1) is 13.8. The first-order valence-corrected chi connectivity index (χ1v) is 10.3. The number of aromatic amines is 1. The SMILES string of the molecule is CCNC(=NCCCCN1CCOCC1)NCCc1c[nH]c2ccc(F)cc12.I. The van der Waals surface area contributed by atoms with Gasteiger partial charge >= 0.3 is 0 Å². The molecule has 8 heteroatoms. The summed E-state index contributed by atoms with van der Waals surface area (Å²) in [6, 6.07) is 4.86. The van der Waals surface area contributed by atoms with E-state index >= 15 is 0 Å². The monoisotopic (exact) mass is 517 g/mol. The second-order valence-electron chi connectivity index (χ2n) is 7.10. The molecule has 0 radical (unpaired) electrons. The number of halogens is 2. The summed E-state index contributed by atoms with van der Waals surface area (Å²) >= 11 is 0. The predicted octanol–water partition coefficient (Wildman–Crippen LogP) is 3.14. The zero-order valence-corrected chi connectivity index (χ0v) is 19.5. The molecule has 29 heavy (non-hydrogen) atoms. The van der Waals surface area contributed by atoms with Gasteiger partial charge in [-0.1, -0.05) is 0 Å². The Bertz CT molecular complexity index is 761. The van der Waals surface area contributed by atoms with E-state index in [2.05, 4.69) is 32.4 Å². The van der Waals surface area contributed by atoms with Gasteiger partial charge in [0.2, 0.25) is 0 Å². The van der Waals surface area contributed by atoms with Crippen molar-refractivity contribution in [3.8, 4) is 0 Å². The van der Waals surface area contributed by atoms with Gasteiger partial charge < -0.3 is 20.4 Å². The maximum absolute atomic E-state index is 13.5. The Morgan fingerprint density at radius 2 is 2.07 bits per heavy atom. The maximum Gasteiger partial charge on any atom is 0.191 e. The van der Waals surface area contributed by atoms with E-state index in [1.54, 1.807) is 12.1 Å². The quantitative estimate of drug-likeness (QED) is 0.207. The molecule has 0 spiro atoms. The van der Waals surface area contributed by atoms with Gasteiger partial charge in [-0.3, -0.25) is 9.89 Å². The number of guanidine groups is 1. The molecule has 1 aliphatic rings. The van der Waals surface area contributed by atoms with E-state index in [9.17, 15) is 4.39 Å². The zero-order chi connectivity index (χ0) is 19.6. The minimum absolute atomic E-state index is 0. The molecular formula is C21H33FIN5O. The number of aromatic nitrogens is 1. The number of fused-ring (bicyclic) bond motifs is 1. The number of rotatable bonds is 9. The summed E-state index contributed by atoms with van der Waals surface area (Å²) in [5, 5.41) is 7.63. The summed E-state index contributed by atoms with van der Waals surface area (Å²) in [7, 11) is 0. The number of nitrogens with one attached hydrogen (secondary N) is 3. The Morgan fingerprint density at radius 1 is 1.24 bits per heavy atom. The molecule has 0 unspecified atom stereocenters. The number of hydrogen-bond donors (Lipinski definition) is 3.